The third kappa shape index (κ3) is 4.37. The Morgan fingerprint density at radius 3 is 2.00 bits per heavy atom. The molecule has 8 aromatic carbocycles. The van der Waals surface area contributed by atoms with E-state index >= 15 is 0 Å². The van der Waals surface area contributed by atoms with Gasteiger partial charge < -0.3 is 19.1 Å². The van der Waals surface area contributed by atoms with Crippen molar-refractivity contribution in [2.24, 2.45) is 0 Å². The third-order valence-corrected chi connectivity index (χ3v) is 12.3. The van der Waals surface area contributed by atoms with Gasteiger partial charge in [-0.3, -0.25) is 0 Å². The highest BCUT2D eigenvalue weighted by Gasteiger charge is 2.46. The molecule has 2 bridgehead atoms. The first kappa shape index (κ1) is 31.4. The number of benzene rings is 8. The second-order valence-electron chi connectivity index (χ2n) is 15.4. The van der Waals surface area contributed by atoms with Gasteiger partial charge in [-0.1, -0.05) is 96.6 Å². The lowest BCUT2D eigenvalue weighted by atomic mass is 9.32. The van der Waals surface area contributed by atoms with Crippen molar-refractivity contribution in [3.8, 4) is 0 Å². The van der Waals surface area contributed by atoms with Gasteiger partial charge in [0.15, 0.2) is 5.58 Å². The molecule has 0 spiro atoms. The molecule has 0 saturated carbocycles. The Bertz CT molecular complexity index is 3040. The molecule has 4 aliphatic rings. The van der Waals surface area contributed by atoms with E-state index in [1.165, 1.54) is 67.1 Å². The second-order valence-corrected chi connectivity index (χ2v) is 15.4. The van der Waals surface area contributed by atoms with Crippen molar-refractivity contribution in [2.75, 3.05) is 14.7 Å². The highest BCUT2D eigenvalue weighted by Crippen LogP contribution is 2.49. The molecule has 0 amide bonds. The predicted molar refractivity (Wildman–Crippen MR) is 235 cm³/mol. The largest absolute Gasteiger partial charge is 0.454 e. The molecule has 2 aliphatic carbocycles. The van der Waals surface area contributed by atoms with Crippen molar-refractivity contribution in [2.45, 2.75) is 20.3 Å². The predicted octanol–water partition coefficient (Wildman–Crippen LogP) is 11.7. The molecule has 0 saturated heterocycles. The lowest BCUT2D eigenvalue weighted by Gasteiger charge is -2.46. The third-order valence-electron chi connectivity index (χ3n) is 12.3. The van der Waals surface area contributed by atoms with Gasteiger partial charge in [0.05, 0.1) is 5.69 Å². The summed E-state index contributed by atoms with van der Waals surface area (Å²) in [5, 5.41) is 2.23. The van der Waals surface area contributed by atoms with Crippen LogP contribution in [0.3, 0.4) is 0 Å². The van der Waals surface area contributed by atoms with Gasteiger partial charge in [-0.05, 0) is 132 Å². The fraction of sp³-hybridized carbons (Fsp3) is 0.0588. The maximum absolute atomic E-state index is 6.68. The van der Waals surface area contributed by atoms with Crippen LogP contribution < -0.4 is 31.1 Å². The molecule has 3 heterocycles. The highest BCUT2D eigenvalue weighted by atomic mass is 16.3. The van der Waals surface area contributed by atoms with E-state index in [9.17, 15) is 0 Å². The fourth-order valence-electron chi connectivity index (χ4n) is 9.69. The zero-order valence-electron chi connectivity index (χ0n) is 31.2. The number of nitrogens with zero attached hydrogens (tertiary/aromatic N) is 3. The molecule has 0 fully saturated rings. The molecular formula is C51H36BN3O. The van der Waals surface area contributed by atoms with Gasteiger partial charge in [0, 0.05) is 56.3 Å². The van der Waals surface area contributed by atoms with E-state index in [-0.39, 0.29) is 6.71 Å². The summed E-state index contributed by atoms with van der Waals surface area (Å²) in [7, 11) is 0. The van der Waals surface area contributed by atoms with Crippen LogP contribution in [0.4, 0.5) is 51.2 Å². The van der Waals surface area contributed by atoms with Crippen molar-refractivity contribution in [3.63, 3.8) is 0 Å². The summed E-state index contributed by atoms with van der Waals surface area (Å²) in [5.41, 5.74) is 21.9. The van der Waals surface area contributed by atoms with Crippen LogP contribution in [0.1, 0.15) is 22.3 Å². The molecule has 2 aliphatic heterocycles. The van der Waals surface area contributed by atoms with Gasteiger partial charge in [0.1, 0.15) is 5.58 Å². The summed E-state index contributed by atoms with van der Waals surface area (Å²) in [4.78, 5) is 7.37. The van der Waals surface area contributed by atoms with Gasteiger partial charge >= 0.3 is 0 Å². The molecule has 0 radical (unpaired) electrons. The van der Waals surface area contributed by atoms with E-state index in [0.29, 0.717) is 0 Å². The van der Waals surface area contributed by atoms with E-state index in [4.69, 9.17) is 4.42 Å². The Hall–Kier alpha value is -6.98. The topological polar surface area (TPSA) is 22.9 Å². The Labute approximate surface area is 326 Å². The molecule has 0 unspecified atom stereocenters. The van der Waals surface area contributed by atoms with Crippen molar-refractivity contribution in [1.29, 1.82) is 0 Å². The monoisotopic (exact) mass is 717 g/mol. The minimum atomic E-state index is 0.0777. The number of para-hydroxylation sites is 4. The number of fused-ring (bicyclic) bond motifs is 5. The molecule has 9 aromatic rings. The van der Waals surface area contributed by atoms with Gasteiger partial charge in [-0.15, -0.1) is 0 Å². The number of furan rings is 1. The molecule has 0 atom stereocenters. The van der Waals surface area contributed by atoms with E-state index in [2.05, 4.69) is 192 Å². The molecule has 264 valence electrons. The second kappa shape index (κ2) is 11.8. The zero-order chi connectivity index (χ0) is 37.1. The number of hydrogen-bond donors (Lipinski definition) is 0. The van der Waals surface area contributed by atoms with E-state index in [1.807, 2.05) is 6.07 Å². The lowest BCUT2D eigenvalue weighted by Crippen LogP contribution is -2.63. The van der Waals surface area contributed by atoms with Crippen molar-refractivity contribution in [3.05, 3.63) is 192 Å². The summed E-state index contributed by atoms with van der Waals surface area (Å²) in [6.07, 6.45) is 1.03. The minimum absolute atomic E-state index is 0.0777. The van der Waals surface area contributed by atoms with Crippen LogP contribution in [0.5, 0.6) is 0 Å². The van der Waals surface area contributed by atoms with Gasteiger partial charge in [0.2, 0.25) is 0 Å². The summed E-state index contributed by atoms with van der Waals surface area (Å²) >= 11 is 0. The van der Waals surface area contributed by atoms with Crippen molar-refractivity contribution >= 4 is 96.2 Å². The van der Waals surface area contributed by atoms with Crippen LogP contribution in [-0.4, -0.2) is 6.71 Å². The van der Waals surface area contributed by atoms with Gasteiger partial charge in [-0.25, -0.2) is 0 Å². The molecule has 0 N–H and O–H groups in total. The quantitative estimate of drug-likeness (QED) is 0.165. The number of aryl methyl sites for hydroxylation is 2. The molecule has 56 heavy (non-hydrogen) atoms. The molecule has 13 rings (SSSR count). The van der Waals surface area contributed by atoms with Crippen LogP contribution in [0.15, 0.2) is 174 Å². The Morgan fingerprint density at radius 1 is 0.536 bits per heavy atom. The standard InChI is InChI=1S/C51H36BN3O/c1-32-23-25-37(26-24-32)55-44-20-12-19-43-50(44)52(49-41-29-34(33(41)2)30-47(49)55)42-28-27-38(31-46(42)54(43)36-15-7-4-8-16-36)53(35-13-5-3-6-14-35)45-21-11-18-40-39-17-9-10-22-48(39)56-51(40)45/h3-28,30-31H,29H2,1-2H3. The van der Waals surface area contributed by atoms with Crippen LogP contribution >= 0.6 is 0 Å². The van der Waals surface area contributed by atoms with Gasteiger partial charge in [-0.2, -0.15) is 0 Å². The maximum atomic E-state index is 6.68. The molecule has 4 nitrogen and oxygen atoms in total. The summed E-state index contributed by atoms with van der Waals surface area (Å²) in [5.74, 6) is 0. The first-order valence-corrected chi connectivity index (χ1v) is 19.5. The van der Waals surface area contributed by atoms with E-state index in [0.717, 1.165) is 51.1 Å². The maximum Gasteiger partial charge on any atom is 0.252 e. The first-order valence-electron chi connectivity index (χ1n) is 19.5. The molecule has 5 heteroatoms. The SMILES string of the molecule is Cc1ccc(N2c3cccc4c3B(c3ccc(N(c5ccccc5)c5cccc6c5oc5ccccc56)cc3N4c3ccccc3)c3c2cc2c(C)c3C2)cc1. The Morgan fingerprint density at radius 2 is 1.21 bits per heavy atom. The van der Waals surface area contributed by atoms with E-state index in [1.54, 1.807) is 0 Å². The number of hydrogen-bond acceptors (Lipinski definition) is 4. The lowest BCUT2D eigenvalue weighted by molar-refractivity contribution is 0.669. The number of anilines is 9. The Kier molecular flexibility index (Phi) is 6.59. The van der Waals surface area contributed by atoms with Crippen LogP contribution in [0, 0.1) is 13.8 Å². The van der Waals surface area contributed by atoms with Crippen LogP contribution in [0.25, 0.3) is 21.9 Å². The molecular weight excluding hydrogens is 681 g/mol. The summed E-state index contributed by atoms with van der Waals surface area (Å²) in [6.45, 7) is 4.55. The van der Waals surface area contributed by atoms with Crippen molar-refractivity contribution < 1.29 is 4.42 Å². The summed E-state index contributed by atoms with van der Waals surface area (Å²) in [6, 6.07) is 61.9. The zero-order valence-corrected chi connectivity index (χ0v) is 31.2. The van der Waals surface area contributed by atoms with E-state index < -0.39 is 0 Å². The van der Waals surface area contributed by atoms with Crippen LogP contribution in [0.2, 0.25) is 0 Å². The fourth-order valence-corrected chi connectivity index (χ4v) is 9.69. The summed E-state index contributed by atoms with van der Waals surface area (Å²) < 4.78 is 6.68. The minimum Gasteiger partial charge on any atom is -0.454 e. The average Bonchev–Trinajstić information content (AvgIpc) is 3.64. The highest BCUT2D eigenvalue weighted by molar-refractivity contribution is 7.00. The molecule has 1 aromatic heterocycles. The van der Waals surface area contributed by atoms with Crippen molar-refractivity contribution in [1.82, 2.24) is 0 Å². The average molecular weight is 718 g/mol. The Balaban J connectivity index is 1.13. The van der Waals surface area contributed by atoms with Gasteiger partial charge in [0.25, 0.3) is 6.71 Å². The smallest absolute Gasteiger partial charge is 0.252 e. The number of rotatable bonds is 5. The first-order chi connectivity index (χ1) is 27.6. The normalized spacial score (nSPS) is 13.4. The van der Waals surface area contributed by atoms with Crippen LogP contribution in [-0.2, 0) is 6.42 Å².